The zero-order valence-corrected chi connectivity index (χ0v) is 15.9. The summed E-state index contributed by atoms with van der Waals surface area (Å²) in [6.45, 7) is 3.24. The number of piperidine rings is 1. The van der Waals surface area contributed by atoms with Crippen LogP contribution in [0.3, 0.4) is 0 Å². The maximum atomic E-state index is 12.7. The van der Waals surface area contributed by atoms with Crippen molar-refractivity contribution in [3.8, 4) is 0 Å². The van der Waals surface area contributed by atoms with Crippen molar-refractivity contribution in [3.63, 3.8) is 0 Å². The molecule has 0 aliphatic carbocycles. The number of benzene rings is 2. The lowest BCUT2D eigenvalue weighted by atomic mass is 9.95. The van der Waals surface area contributed by atoms with Crippen LogP contribution in [0.5, 0.6) is 0 Å². The second-order valence-corrected chi connectivity index (χ2v) is 7.16. The maximum absolute atomic E-state index is 12.7. The van der Waals surface area contributed by atoms with E-state index in [0.717, 1.165) is 11.1 Å². The monoisotopic (exact) mass is 380 g/mol. The molecule has 28 heavy (non-hydrogen) atoms. The summed E-state index contributed by atoms with van der Waals surface area (Å²) in [5.41, 5.74) is 2.28. The van der Waals surface area contributed by atoms with Crippen LogP contribution >= 0.6 is 0 Å². The van der Waals surface area contributed by atoms with Gasteiger partial charge in [0, 0.05) is 31.1 Å². The Balaban J connectivity index is 1.55. The fourth-order valence-electron chi connectivity index (χ4n) is 3.49. The van der Waals surface area contributed by atoms with Crippen LogP contribution < -0.4 is 5.32 Å². The zero-order valence-electron chi connectivity index (χ0n) is 15.9. The molecule has 2 amide bonds. The molecular formula is C22H24N2O4. The minimum atomic E-state index is -1.05. The number of likely N-dealkylation sites (tertiary alicyclic amines) is 1. The standard InChI is InChI=1S/C22H24N2O4/c1-15-11-18(13-19(12-15)22(27)28)21(26)24-9-7-17(8-10-24)20(25)23-14-16-5-3-2-4-6-16/h2-6,11-13,17H,7-10,14H2,1H3,(H,23,25)(H,27,28). The second-order valence-electron chi connectivity index (χ2n) is 7.16. The SMILES string of the molecule is Cc1cc(C(=O)O)cc(C(=O)N2CCC(C(=O)NCc3ccccc3)CC2)c1. The molecular weight excluding hydrogens is 356 g/mol. The first kappa shape index (κ1) is 19.6. The van der Waals surface area contributed by atoms with Gasteiger partial charge in [-0.1, -0.05) is 30.3 Å². The lowest BCUT2D eigenvalue weighted by molar-refractivity contribution is -0.126. The van der Waals surface area contributed by atoms with Crippen molar-refractivity contribution in [3.05, 3.63) is 70.8 Å². The van der Waals surface area contributed by atoms with Gasteiger partial charge in [0.1, 0.15) is 0 Å². The molecule has 2 N–H and O–H groups in total. The van der Waals surface area contributed by atoms with Crippen molar-refractivity contribution in [2.75, 3.05) is 13.1 Å². The molecule has 0 radical (unpaired) electrons. The van der Waals surface area contributed by atoms with E-state index < -0.39 is 5.97 Å². The van der Waals surface area contributed by atoms with Crippen LogP contribution in [0, 0.1) is 12.8 Å². The fourth-order valence-corrected chi connectivity index (χ4v) is 3.49. The number of nitrogens with one attached hydrogen (secondary N) is 1. The van der Waals surface area contributed by atoms with E-state index in [9.17, 15) is 19.5 Å². The molecule has 1 heterocycles. The quantitative estimate of drug-likeness (QED) is 0.835. The third-order valence-corrected chi connectivity index (χ3v) is 5.03. The molecule has 0 saturated carbocycles. The van der Waals surface area contributed by atoms with Crippen LogP contribution in [0.4, 0.5) is 0 Å². The molecule has 146 valence electrons. The van der Waals surface area contributed by atoms with Crippen molar-refractivity contribution in [2.45, 2.75) is 26.3 Å². The number of hydrogen-bond acceptors (Lipinski definition) is 3. The number of rotatable bonds is 5. The number of carboxylic acid groups (broad SMARTS) is 1. The summed E-state index contributed by atoms with van der Waals surface area (Å²) in [7, 11) is 0. The number of amides is 2. The van der Waals surface area contributed by atoms with E-state index in [1.54, 1.807) is 24.0 Å². The predicted molar refractivity (Wildman–Crippen MR) is 105 cm³/mol. The van der Waals surface area contributed by atoms with Gasteiger partial charge in [-0.2, -0.15) is 0 Å². The number of nitrogens with zero attached hydrogens (tertiary/aromatic N) is 1. The highest BCUT2D eigenvalue weighted by atomic mass is 16.4. The lowest BCUT2D eigenvalue weighted by Gasteiger charge is -2.31. The van der Waals surface area contributed by atoms with Crippen LogP contribution in [0.25, 0.3) is 0 Å². The number of hydrogen-bond donors (Lipinski definition) is 2. The predicted octanol–water partition coefficient (Wildman–Crippen LogP) is 2.86. The normalized spacial score (nSPS) is 14.5. The number of carboxylic acids is 1. The first-order valence-corrected chi connectivity index (χ1v) is 9.40. The summed E-state index contributed by atoms with van der Waals surface area (Å²) in [5, 5.41) is 12.1. The van der Waals surface area contributed by atoms with Crippen molar-refractivity contribution < 1.29 is 19.5 Å². The summed E-state index contributed by atoms with van der Waals surface area (Å²) in [4.78, 5) is 38.1. The summed E-state index contributed by atoms with van der Waals surface area (Å²) in [6.07, 6.45) is 1.20. The molecule has 0 aromatic heterocycles. The zero-order chi connectivity index (χ0) is 20.1. The van der Waals surface area contributed by atoms with Gasteiger partial charge in [0.05, 0.1) is 5.56 Å². The van der Waals surface area contributed by atoms with E-state index in [-0.39, 0.29) is 23.3 Å². The fraction of sp³-hybridized carbons (Fsp3) is 0.318. The number of carbonyl (C=O) groups excluding carboxylic acids is 2. The molecule has 1 aliphatic rings. The Labute approximate surface area is 164 Å². The van der Waals surface area contributed by atoms with Gasteiger partial charge in [0.2, 0.25) is 5.91 Å². The highest BCUT2D eigenvalue weighted by molar-refractivity contribution is 5.98. The molecule has 3 rings (SSSR count). The minimum Gasteiger partial charge on any atom is -0.478 e. The van der Waals surface area contributed by atoms with Crippen LogP contribution in [-0.4, -0.2) is 40.9 Å². The first-order valence-electron chi connectivity index (χ1n) is 9.40. The van der Waals surface area contributed by atoms with Crippen LogP contribution in [-0.2, 0) is 11.3 Å². The highest BCUT2D eigenvalue weighted by Crippen LogP contribution is 2.20. The van der Waals surface area contributed by atoms with Gasteiger partial charge in [-0.15, -0.1) is 0 Å². The molecule has 1 aliphatic heterocycles. The van der Waals surface area contributed by atoms with E-state index in [1.807, 2.05) is 30.3 Å². The second kappa shape index (κ2) is 8.69. The minimum absolute atomic E-state index is 0.0136. The van der Waals surface area contributed by atoms with E-state index in [2.05, 4.69) is 5.32 Å². The van der Waals surface area contributed by atoms with E-state index >= 15 is 0 Å². The van der Waals surface area contributed by atoms with Gasteiger partial charge in [-0.3, -0.25) is 9.59 Å². The summed E-state index contributed by atoms with van der Waals surface area (Å²) >= 11 is 0. The van der Waals surface area contributed by atoms with Gasteiger partial charge in [-0.25, -0.2) is 4.79 Å². The number of aryl methyl sites for hydroxylation is 1. The first-order chi connectivity index (χ1) is 13.4. The maximum Gasteiger partial charge on any atom is 0.335 e. The van der Waals surface area contributed by atoms with Crippen molar-refractivity contribution in [2.24, 2.45) is 5.92 Å². The Morgan fingerprint density at radius 1 is 1.04 bits per heavy atom. The number of carbonyl (C=O) groups is 3. The van der Waals surface area contributed by atoms with E-state index in [0.29, 0.717) is 38.0 Å². The van der Waals surface area contributed by atoms with E-state index in [4.69, 9.17) is 0 Å². The molecule has 6 heteroatoms. The molecule has 0 bridgehead atoms. The van der Waals surface area contributed by atoms with Gasteiger partial charge in [0.15, 0.2) is 0 Å². The molecule has 1 fully saturated rings. The molecule has 2 aromatic rings. The van der Waals surface area contributed by atoms with Crippen molar-refractivity contribution in [1.82, 2.24) is 10.2 Å². The summed E-state index contributed by atoms with van der Waals surface area (Å²) < 4.78 is 0. The van der Waals surface area contributed by atoms with Crippen LogP contribution in [0.2, 0.25) is 0 Å². The molecule has 0 atom stereocenters. The Kier molecular flexibility index (Phi) is 6.09. The van der Waals surface area contributed by atoms with Crippen LogP contribution in [0.15, 0.2) is 48.5 Å². The average molecular weight is 380 g/mol. The van der Waals surface area contributed by atoms with E-state index in [1.165, 1.54) is 6.07 Å². The Bertz CT molecular complexity index is 871. The number of aromatic carboxylic acids is 1. The van der Waals surface area contributed by atoms with Gasteiger partial charge < -0.3 is 15.3 Å². The van der Waals surface area contributed by atoms with Gasteiger partial charge >= 0.3 is 5.97 Å². The van der Waals surface area contributed by atoms with Crippen LogP contribution in [0.1, 0.15) is 44.7 Å². The molecule has 6 nitrogen and oxygen atoms in total. The third kappa shape index (κ3) is 4.76. The molecule has 1 saturated heterocycles. The molecule has 0 spiro atoms. The lowest BCUT2D eigenvalue weighted by Crippen LogP contribution is -2.43. The highest BCUT2D eigenvalue weighted by Gasteiger charge is 2.28. The van der Waals surface area contributed by atoms with Crippen molar-refractivity contribution in [1.29, 1.82) is 0 Å². The third-order valence-electron chi connectivity index (χ3n) is 5.03. The smallest absolute Gasteiger partial charge is 0.335 e. The molecule has 2 aromatic carbocycles. The summed E-state index contributed by atoms with van der Waals surface area (Å²) in [6, 6.07) is 14.4. The van der Waals surface area contributed by atoms with Gasteiger partial charge in [0.25, 0.3) is 5.91 Å². The van der Waals surface area contributed by atoms with Crippen molar-refractivity contribution >= 4 is 17.8 Å². The molecule has 0 unspecified atom stereocenters. The average Bonchev–Trinajstić information content (AvgIpc) is 2.72. The largest absolute Gasteiger partial charge is 0.478 e. The topological polar surface area (TPSA) is 86.7 Å². The Morgan fingerprint density at radius 2 is 1.68 bits per heavy atom. The Hall–Kier alpha value is -3.15. The summed E-state index contributed by atoms with van der Waals surface area (Å²) in [5.74, 6) is -1.33. The van der Waals surface area contributed by atoms with Gasteiger partial charge in [-0.05, 0) is 49.1 Å². The Morgan fingerprint density at radius 3 is 2.32 bits per heavy atom.